The molecule has 0 bridgehead atoms. The lowest BCUT2D eigenvalue weighted by molar-refractivity contribution is -0.144. The highest BCUT2D eigenvalue weighted by atomic mass is 16.4. The Labute approximate surface area is 311 Å². The summed E-state index contributed by atoms with van der Waals surface area (Å²) in [6.07, 6.45) is -2.66. The molecule has 54 heavy (non-hydrogen) atoms. The minimum absolute atomic E-state index is 0.0549. The van der Waals surface area contributed by atoms with Gasteiger partial charge in [0.25, 0.3) is 0 Å². The minimum atomic E-state index is -1.64. The monoisotopic (exact) mass is 773 g/mol. The fraction of sp³-hybridized carbons (Fsp3) is 0.688. The molecule has 0 saturated carbocycles. The summed E-state index contributed by atoms with van der Waals surface area (Å²) in [5.74, 6) is -11.4. The Morgan fingerprint density at radius 2 is 0.981 bits per heavy atom. The Bertz CT molecular complexity index is 1370. The van der Waals surface area contributed by atoms with E-state index >= 15 is 0 Å². The average Bonchev–Trinajstić information content (AvgIpc) is 3.08. The van der Waals surface area contributed by atoms with Crippen molar-refractivity contribution in [2.45, 2.75) is 122 Å². The first-order chi connectivity index (χ1) is 25.1. The SMILES string of the molecule is CC[C@H](C)[C@H](NC(=O)[C@H](CCC(=O)O)NC(=O)[C@H](CCC(=O)O)NC(=O)[C@@H](N)CCC(=O)O)C(=O)N[C@@H](CCCN=C(N)N)C(=O)N[C@H](C(=O)O)C(C)C. The van der Waals surface area contributed by atoms with Crippen LogP contribution >= 0.6 is 0 Å². The number of carboxylic acids is 4. The van der Waals surface area contributed by atoms with Gasteiger partial charge in [0.05, 0.1) is 6.04 Å². The number of guanidine groups is 1. The fourth-order valence-electron chi connectivity index (χ4n) is 4.79. The van der Waals surface area contributed by atoms with Gasteiger partial charge in [-0.05, 0) is 43.9 Å². The van der Waals surface area contributed by atoms with E-state index in [9.17, 15) is 58.5 Å². The van der Waals surface area contributed by atoms with E-state index in [4.69, 9.17) is 22.3 Å². The Morgan fingerprint density at radius 3 is 1.41 bits per heavy atom. The van der Waals surface area contributed by atoms with E-state index in [-0.39, 0.29) is 31.8 Å². The topological polar surface area (TPSA) is 385 Å². The second kappa shape index (κ2) is 24.7. The molecule has 0 rings (SSSR count). The van der Waals surface area contributed by atoms with Crippen molar-refractivity contribution in [3.05, 3.63) is 0 Å². The highest BCUT2D eigenvalue weighted by Gasteiger charge is 2.35. The first-order valence-electron chi connectivity index (χ1n) is 17.3. The number of hydrogen-bond donors (Lipinski definition) is 12. The molecule has 0 aliphatic heterocycles. The molecule has 22 nitrogen and oxygen atoms in total. The lowest BCUT2D eigenvalue weighted by atomic mass is 9.96. The number of aliphatic imine (C=N–C) groups is 1. The highest BCUT2D eigenvalue weighted by molar-refractivity contribution is 5.96. The first kappa shape index (κ1) is 48.5. The van der Waals surface area contributed by atoms with Gasteiger partial charge in [-0.2, -0.15) is 0 Å². The molecule has 0 aliphatic rings. The first-order valence-corrected chi connectivity index (χ1v) is 17.3. The molecule has 15 N–H and O–H groups in total. The maximum absolute atomic E-state index is 13.7. The van der Waals surface area contributed by atoms with E-state index in [1.165, 1.54) is 0 Å². The zero-order valence-electron chi connectivity index (χ0n) is 30.8. The second-order valence-corrected chi connectivity index (χ2v) is 13.0. The largest absolute Gasteiger partial charge is 0.481 e. The van der Waals surface area contributed by atoms with Gasteiger partial charge in [-0.15, -0.1) is 0 Å². The molecular weight excluding hydrogens is 718 g/mol. The number of amides is 5. The van der Waals surface area contributed by atoms with Crippen LogP contribution in [0.5, 0.6) is 0 Å². The summed E-state index contributed by atoms with van der Waals surface area (Å²) in [6, 6.07) is -8.63. The molecule has 0 fully saturated rings. The van der Waals surface area contributed by atoms with Crippen molar-refractivity contribution in [3.8, 4) is 0 Å². The van der Waals surface area contributed by atoms with Crippen molar-refractivity contribution in [2.75, 3.05) is 6.54 Å². The number of nitrogens with one attached hydrogen (secondary N) is 5. The van der Waals surface area contributed by atoms with E-state index in [0.29, 0.717) is 6.42 Å². The molecule has 0 aromatic rings. The molecule has 0 radical (unpaired) electrons. The zero-order chi connectivity index (χ0) is 41.7. The van der Waals surface area contributed by atoms with Gasteiger partial charge in [0.1, 0.15) is 30.2 Å². The standard InChI is InChI=1S/C32H55N9O13/c1-5-16(4)25(30(52)39-18(7-6-14-36-32(34)35)28(50)40-24(15(2)3)31(53)54)41-29(51)20(10-13-23(46)47)38-27(49)19(9-12-22(44)45)37-26(48)17(33)8-11-21(42)43/h15-20,24-25H,5-14,33H2,1-4H3,(H,37,48)(H,38,49)(H,39,52)(H,40,50)(H,41,51)(H,42,43)(H,44,45)(H,46,47)(H,53,54)(H4,34,35,36)/t16-,17-,18-,19-,20-,24-,25-/m0/s1. The van der Waals surface area contributed by atoms with Crippen molar-refractivity contribution in [1.82, 2.24) is 26.6 Å². The third-order valence-electron chi connectivity index (χ3n) is 8.17. The van der Waals surface area contributed by atoms with Crippen LogP contribution in [0.3, 0.4) is 0 Å². The molecule has 0 spiro atoms. The predicted octanol–water partition coefficient (Wildman–Crippen LogP) is -2.83. The summed E-state index contributed by atoms with van der Waals surface area (Å²) in [5.41, 5.74) is 16.4. The summed E-state index contributed by atoms with van der Waals surface area (Å²) >= 11 is 0. The van der Waals surface area contributed by atoms with E-state index in [0.717, 1.165) is 0 Å². The van der Waals surface area contributed by atoms with Crippen LogP contribution in [-0.4, -0.2) is 123 Å². The number of nitrogens with zero attached hydrogens (tertiary/aromatic N) is 1. The van der Waals surface area contributed by atoms with E-state index in [1.54, 1.807) is 27.7 Å². The van der Waals surface area contributed by atoms with Crippen molar-refractivity contribution in [2.24, 2.45) is 34.0 Å². The maximum Gasteiger partial charge on any atom is 0.326 e. The summed E-state index contributed by atoms with van der Waals surface area (Å²) < 4.78 is 0. The third kappa shape index (κ3) is 19.3. The van der Waals surface area contributed by atoms with Crippen LogP contribution in [0.1, 0.15) is 85.5 Å². The Balaban J connectivity index is 6.38. The maximum atomic E-state index is 13.7. The molecule has 0 heterocycles. The Kier molecular flexibility index (Phi) is 22.1. The van der Waals surface area contributed by atoms with Crippen LogP contribution in [0.4, 0.5) is 0 Å². The molecule has 306 valence electrons. The van der Waals surface area contributed by atoms with Gasteiger partial charge in [-0.3, -0.25) is 43.3 Å². The lowest BCUT2D eigenvalue weighted by Crippen LogP contribution is -2.60. The van der Waals surface area contributed by atoms with E-state index in [1.807, 2.05) is 0 Å². The summed E-state index contributed by atoms with van der Waals surface area (Å²) in [6.45, 7) is 6.48. The molecule has 0 saturated heterocycles. The number of hydrogen-bond acceptors (Lipinski definition) is 11. The van der Waals surface area contributed by atoms with Crippen molar-refractivity contribution in [3.63, 3.8) is 0 Å². The summed E-state index contributed by atoms with van der Waals surface area (Å²) in [7, 11) is 0. The van der Waals surface area contributed by atoms with Gasteiger partial charge >= 0.3 is 23.9 Å². The van der Waals surface area contributed by atoms with Crippen LogP contribution in [0.2, 0.25) is 0 Å². The molecule has 5 amide bonds. The van der Waals surface area contributed by atoms with Gasteiger partial charge in [-0.25, -0.2) is 4.79 Å². The number of carbonyl (C=O) groups excluding carboxylic acids is 5. The Hall–Kier alpha value is -5.54. The number of nitrogens with two attached hydrogens (primary N) is 3. The van der Waals surface area contributed by atoms with Gasteiger partial charge in [0.2, 0.25) is 29.5 Å². The van der Waals surface area contributed by atoms with Gasteiger partial charge in [0, 0.05) is 25.8 Å². The summed E-state index contributed by atoms with van der Waals surface area (Å²) in [4.78, 5) is 116. The lowest BCUT2D eigenvalue weighted by Gasteiger charge is -2.29. The van der Waals surface area contributed by atoms with Crippen LogP contribution in [0.15, 0.2) is 4.99 Å². The second-order valence-electron chi connectivity index (χ2n) is 13.0. The molecule has 0 unspecified atom stereocenters. The van der Waals surface area contributed by atoms with E-state index < -0.39 is 134 Å². The Morgan fingerprint density at radius 1 is 0.574 bits per heavy atom. The van der Waals surface area contributed by atoms with Crippen molar-refractivity contribution in [1.29, 1.82) is 0 Å². The average molecular weight is 774 g/mol. The molecule has 0 aliphatic carbocycles. The molecular formula is C32H55N9O13. The molecule has 0 aromatic carbocycles. The van der Waals surface area contributed by atoms with Crippen LogP contribution in [0.25, 0.3) is 0 Å². The number of aliphatic carboxylic acids is 4. The van der Waals surface area contributed by atoms with Gasteiger partial charge in [-0.1, -0.05) is 34.1 Å². The van der Waals surface area contributed by atoms with Crippen LogP contribution < -0.4 is 43.8 Å². The predicted molar refractivity (Wildman–Crippen MR) is 190 cm³/mol. The fourth-order valence-corrected chi connectivity index (χ4v) is 4.79. The molecule has 7 atom stereocenters. The highest BCUT2D eigenvalue weighted by Crippen LogP contribution is 2.12. The molecule has 0 aromatic heterocycles. The zero-order valence-corrected chi connectivity index (χ0v) is 30.8. The van der Waals surface area contributed by atoms with Gasteiger partial charge < -0.3 is 64.2 Å². The van der Waals surface area contributed by atoms with Crippen molar-refractivity contribution < 1.29 is 63.6 Å². The number of rotatable bonds is 27. The number of carboxylic acid groups (broad SMARTS) is 4. The smallest absolute Gasteiger partial charge is 0.326 e. The number of carbonyl (C=O) groups is 9. The minimum Gasteiger partial charge on any atom is -0.481 e. The van der Waals surface area contributed by atoms with Crippen molar-refractivity contribution >= 4 is 59.4 Å². The van der Waals surface area contributed by atoms with Gasteiger partial charge in [0.15, 0.2) is 5.96 Å². The van der Waals surface area contributed by atoms with E-state index in [2.05, 4.69) is 31.6 Å². The summed E-state index contributed by atoms with van der Waals surface area (Å²) in [5, 5.41) is 48.9. The third-order valence-corrected chi connectivity index (χ3v) is 8.17. The van der Waals surface area contributed by atoms with Crippen LogP contribution in [-0.2, 0) is 43.2 Å². The van der Waals surface area contributed by atoms with Crippen LogP contribution in [0, 0.1) is 11.8 Å². The quantitative estimate of drug-likeness (QED) is 0.0227. The molecule has 22 heteroatoms. The normalized spacial score (nSPS) is 14.8.